The van der Waals surface area contributed by atoms with Gasteiger partial charge >= 0.3 is 0 Å². The first kappa shape index (κ1) is 21.5. The van der Waals surface area contributed by atoms with Crippen LogP contribution in [0, 0.1) is 20.2 Å². The number of benzene rings is 2. The Kier molecular flexibility index (Phi) is 6.17. The van der Waals surface area contributed by atoms with Crippen LogP contribution in [-0.4, -0.2) is 42.3 Å². The van der Waals surface area contributed by atoms with E-state index in [-0.39, 0.29) is 28.6 Å². The molecule has 30 heavy (non-hydrogen) atoms. The van der Waals surface area contributed by atoms with Crippen LogP contribution in [-0.2, 0) is 10.0 Å². The van der Waals surface area contributed by atoms with E-state index in [1.165, 1.54) is 28.6 Å². The molecule has 1 aliphatic heterocycles. The summed E-state index contributed by atoms with van der Waals surface area (Å²) < 4.78 is 33.0. The van der Waals surface area contributed by atoms with E-state index in [2.05, 4.69) is 5.32 Å². The molecule has 1 fully saturated rings. The Bertz CT molecular complexity index is 1080. The summed E-state index contributed by atoms with van der Waals surface area (Å²) >= 11 is 0. The summed E-state index contributed by atoms with van der Waals surface area (Å²) in [5.41, 5.74) is -0.647. The van der Waals surface area contributed by atoms with Gasteiger partial charge in [0.1, 0.15) is 16.3 Å². The Balaban J connectivity index is 2.02. The van der Waals surface area contributed by atoms with Gasteiger partial charge in [-0.05, 0) is 44.0 Å². The molecule has 0 saturated carbocycles. The van der Waals surface area contributed by atoms with Crippen molar-refractivity contribution in [3.8, 4) is 5.75 Å². The van der Waals surface area contributed by atoms with Gasteiger partial charge in [-0.2, -0.15) is 4.31 Å². The minimum atomic E-state index is -3.81. The minimum Gasteiger partial charge on any atom is -0.492 e. The van der Waals surface area contributed by atoms with Crippen molar-refractivity contribution in [2.45, 2.75) is 24.7 Å². The summed E-state index contributed by atoms with van der Waals surface area (Å²) in [5, 5.41) is 25.0. The lowest BCUT2D eigenvalue weighted by Gasteiger charge is -2.19. The van der Waals surface area contributed by atoms with Crippen molar-refractivity contribution < 1.29 is 23.0 Å². The second-order valence-electron chi connectivity index (χ2n) is 6.55. The maximum Gasteiger partial charge on any atom is 0.299 e. The fraction of sp³-hybridized carbons (Fsp3) is 0.333. The van der Waals surface area contributed by atoms with E-state index in [9.17, 15) is 28.6 Å². The number of rotatable bonds is 8. The van der Waals surface area contributed by atoms with Crippen LogP contribution in [0.1, 0.15) is 19.8 Å². The molecule has 2 aromatic rings. The van der Waals surface area contributed by atoms with E-state index >= 15 is 0 Å². The van der Waals surface area contributed by atoms with Gasteiger partial charge in [-0.25, -0.2) is 8.42 Å². The van der Waals surface area contributed by atoms with Gasteiger partial charge in [0.2, 0.25) is 10.0 Å². The first-order valence-electron chi connectivity index (χ1n) is 9.21. The van der Waals surface area contributed by atoms with Crippen molar-refractivity contribution in [1.29, 1.82) is 0 Å². The summed E-state index contributed by atoms with van der Waals surface area (Å²) in [6, 6.07) is 7.54. The van der Waals surface area contributed by atoms with Gasteiger partial charge in [-0.3, -0.25) is 20.2 Å². The van der Waals surface area contributed by atoms with Crippen LogP contribution in [0.15, 0.2) is 41.3 Å². The normalized spacial score (nSPS) is 14.4. The van der Waals surface area contributed by atoms with E-state index in [0.29, 0.717) is 13.1 Å². The molecule has 0 amide bonds. The first-order valence-corrected chi connectivity index (χ1v) is 10.6. The maximum absolute atomic E-state index is 13.1. The third-order valence-corrected chi connectivity index (χ3v) is 6.51. The molecule has 11 nitrogen and oxygen atoms in total. The molecular formula is C18H20N4O7S. The lowest BCUT2D eigenvalue weighted by Crippen LogP contribution is -2.28. The highest BCUT2D eigenvalue weighted by atomic mass is 32.2. The summed E-state index contributed by atoms with van der Waals surface area (Å²) in [4.78, 5) is 20.7. The zero-order valence-corrected chi connectivity index (χ0v) is 16.9. The summed E-state index contributed by atoms with van der Waals surface area (Å²) in [6.07, 6.45) is 1.55. The van der Waals surface area contributed by atoms with E-state index in [1.54, 1.807) is 6.92 Å². The number of nitrogens with zero attached hydrogens (tertiary/aromatic N) is 3. The van der Waals surface area contributed by atoms with Crippen molar-refractivity contribution in [2.24, 2.45) is 0 Å². The number of nitro groups is 2. The van der Waals surface area contributed by atoms with Crippen LogP contribution in [0.2, 0.25) is 0 Å². The molecule has 0 spiro atoms. The molecule has 0 aromatic heterocycles. The van der Waals surface area contributed by atoms with Crippen molar-refractivity contribution in [3.63, 3.8) is 0 Å². The molecule has 0 atom stereocenters. The fourth-order valence-corrected chi connectivity index (χ4v) is 4.85. The Hall–Kier alpha value is -3.25. The predicted molar refractivity (Wildman–Crippen MR) is 109 cm³/mol. The van der Waals surface area contributed by atoms with Crippen LogP contribution in [0.3, 0.4) is 0 Å². The van der Waals surface area contributed by atoms with Gasteiger partial charge in [0.25, 0.3) is 11.4 Å². The highest BCUT2D eigenvalue weighted by Crippen LogP contribution is 2.35. The Morgan fingerprint density at radius 1 is 1.07 bits per heavy atom. The molecule has 0 unspecified atom stereocenters. The lowest BCUT2D eigenvalue weighted by molar-refractivity contribution is -0.393. The first-order chi connectivity index (χ1) is 14.2. The van der Waals surface area contributed by atoms with Gasteiger partial charge in [-0.15, -0.1) is 0 Å². The monoisotopic (exact) mass is 436 g/mol. The average molecular weight is 436 g/mol. The van der Waals surface area contributed by atoms with Crippen LogP contribution >= 0.6 is 0 Å². The number of hydrogen-bond donors (Lipinski definition) is 1. The second-order valence-corrected chi connectivity index (χ2v) is 8.45. The molecule has 0 aliphatic carbocycles. The van der Waals surface area contributed by atoms with Gasteiger partial charge < -0.3 is 10.1 Å². The largest absolute Gasteiger partial charge is 0.492 e. The number of ether oxygens (including phenoxy) is 1. The zero-order valence-electron chi connectivity index (χ0n) is 16.1. The zero-order chi connectivity index (χ0) is 21.9. The van der Waals surface area contributed by atoms with Crippen LogP contribution in [0.4, 0.5) is 22.7 Å². The molecule has 1 aliphatic rings. The van der Waals surface area contributed by atoms with Gasteiger partial charge in [0.05, 0.1) is 22.5 Å². The number of nitro benzene ring substituents is 2. The highest BCUT2D eigenvalue weighted by Gasteiger charge is 2.30. The molecule has 0 bridgehead atoms. The summed E-state index contributed by atoms with van der Waals surface area (Å²) in [6.45, 7) is 2.83. The molecule has 0 radical (unpaired) electrons. The quantitative estimate of drug-likeness (QED) is 0.489. The minimum absolute atomic E-state index is 0.000666. The van der Waals surface area contributed by atoms with Gasteiger partial charge in [-0.1, -0.05) is 0 Å². The number of nitrogens with one attached hydrogen (secondary N) is 1. The van der Waals surface area contributed by atoms with Crippen molar-refractivity contribution in [3.05, 3.63) is 56.6 Å². The lowest BCUT2D eigenvalue weighted by atomic mass is 10.2. The molecule has 1 heterocycles. The van der Waals surface area contributed by atoms with E-state index in [0.717, 1.165) is 25.0 Å². The van der Waals surface area contributed by atoms with Gasteiger partial charge in [0.15, 0.2) is 0 Å². The molecule has 1 N–H and O–H groups in total. The van der Waals surface area contributed by atoms with Gasteiger partial charge in [0, 0.05) is 24.8 Å². The van der Waals surface area contributed by atoms with Crippen LogP contribution < -0.4 is 10.1 Å². The summed E-state index contributed by atoms with van der Waals surface area (Å²) in [7, 11) is -3.81. The van der Waals surface area contributed by atoms with E-state index in [1.807, 2.05) is 0 Å². The van der Waals surface area contributed by atoms with E-state index in [4.69, 9.17) is 4.74 Å². The Morgan fingerprint density at radius 2 is 1.77 bits per heavy atom. The van der Waals surface area contributed by atoms with Crippen molar-refractivity contribution in [2.75, 3.05) is 25.0 Å². The Morgan fingerprint density at radius 3 is 2.37 bits per heavy atom. The molecule has 1 saturated heterocycles. The number of hydrogen-bond acceptors (Lipinski definition) is 8. The standard InChI is InChI=1S/C18H20N4O7S/c1-2-29-17-8-5-13(11-18(17)30(27,28)20-9-3-4-10-20)19-15-7-6-14(21(23)24)12-16(15)22(25)26/h5-8,11-12,19H,2-4,9-10H2,1H3. The summed E-state index contributed by atoms with van der Waals surface area (Å²) in [5.74, 6) is 0.188. The number of sulfonamides is 1. The van der Waals surface area contributed by atoms with Crippen LogP contribution in [0.25, 0.3) is 0 Å². The highest BCUT2D eigenvalue weighted by molar-refractivity contribution is 7.89. The smallest absolute Gasteiger partial charge is 0.299 e. The molecule has 160 valence electrons. The fourth-order valence-electron chi connectivity index (χ4n) is 3.18. The average Bonchev–Trinajstić information content (AvgIpc) is 3.25. The third-order valence-electron chi connectivity index (χ3n) is 4.59. The van der Waals surface area contributed by atoms with E-state index < -0.39 is 31.2 Å². The third kappa shape index (κ3) is 4.33. The number of non-ortho nitro benzene ring substituents is 1. The second kappa shape index (κ2) is 8.63. The van der Waals surface area contributed by atoms with Crippen LogP contribution in [0.5, 0.6) is 5.75 Å². The molecule has 12 heteroatoms. The topological polar surface area (TPSA) is 145 Å². The number of anilines is 2. The SMILES string of the molecule is CCOc1ccc(Nc2ccc([N+](=O)[O-])cc2[N+](=O)[O-])cc1S(=O)(=O)N1CCCC1. The van der Waals surface area contributed by atoms with Crippen molar-refractivity contribution in [1.82, 2.24) is 4.31 Å². The van der Waals surface area contributed by atoms with Crippen molar-refractivity contribution >= 4 is 32.8 Å². The molecule has 3 rings (SSSR count). The molecule has 2 aromatic carbocycles. The Labute approximate surface area is 172 Å². The predicted octanol–water partition coefficient (Wildman–Crippen LogP) is 3.43. The maximum atomic E-state index is 13.1. The molecular weight excluding hydrogens is 416 g/mol.